The SMILES string of the molecule is COc1ccc(S(=O)(=O)NC(C)CS(C)(=O)=O)cc1N. The molecule has 1 aromatic carbocycles. The van der Waals surface area contributed by atoms with Crippen molar-refractivity contribution < 1.29 is 21.6 Å². The summed E-state index contributed by atoms with van der Waals surface area (Å²) in [5.74, 6) is 0.0887. The predicted molar refractivity (Wildman–Crippen MR) is 76.9 cm³/mol. The number of sulfonamides is 1. The second-order valence-corrected chi connectivity index (χ2v) is 8.42. The second-order valence-electron chi connectivity index (χ2n) is 4.52. The molecule has 0 radical (unpaired) electrons. The zero-order valence-electron chi connectivity index (χ0n) is 11.5. The first-order valence-corrected chi connectivity index (χ1v) is 9.23. The van der Waals surface area contributed by atoms with Gasteiger partial charge in [0.1, 0.15) is 15.6 Å². The summed E-state index contributed by atoms with van der Waals surface area (Å²) in [4.78, 5) is -0.0452. The Labute approximate surface area is 119 Å². The number of benzene rings is 1. The molecule has 0 saturated heterocycles. The molecule has 0 spiro atoms. The Morgan fingerprint density at radius 2 is 1.90 bits per heavy atom. The molecule has 114 valence electrons. The number of rotatable bonds is 6. The molecule has 0 fully saturated rings. The van der Waals surface area contributed by atoms with Gasteiger partial charge in [-0.05, 0) is 25.1 Å². The number of sulfone groups is 1. The minimum atomic E-state index is -3.83. The fraction of sp³-hybridized carbons (Fsp3) is 0.455. The maximum absolute atomic E-state index is 12.1. The molecule has 1 atom stereocenters. The van der Waals surface area contributed by atoms with Gasteiger partial charge in [0, 0.05) is 12.3 Å². The average Bonchev–Trinajstić information content (AvgIpc) is 2.25. The molecule has 0 saturated carbocycles. The number of anilines is 1. The van der Waals surface area contributed by atoms with E-state index in [1.54, 1.807) is 0 Å². The van der Waals surface area contributed by atoms with E-state index in [1.165, 1.54) is 32.2 Å². The predicted octanol–water partition coefficient (Wildman–Crippen LogP) is -0.0112. The lowest BCUT2D eigenvalue weighted by atomic mass is 10.3. The van der Waals surface area contributed by atoms with Gasteiger partial charge in [-0.2, -0.15) is 0 Å². The van der Waals surface area contributed by atoms with Gasteiger partial charge in [-0.3, -0.25) is 0 Å². The Balaban J connectivity index is 2.97. The topological polar surface area (TPSA) is 116 Å². The molecule has 0 bridgehead atoms. The van der Waals surface area contributed by atoms with Crippen LogP contribution in [0.15, 0.2) is 23.1 Å². The molecule has 1 unspecified atom stereocenters. The van der Waals surface area contributed by atoms with Crippen molar-refractivity contribution in [3.05, 3.63) is 18.2 Å². The first-order chi connectivity index (χ1) is 9.05. The highest BCUT2D eigenvalue weighted by Crippen LogP contribution is 2.24. The Morgan fingerprint density at radius 3 is 2.35 bits per heavy atom. The number of nitrogen functional groups attached to an aromatic ring is 1. The van der Waals surface area contributed by atoms with E-state index in [-0.39, 0.29) is 16.3 Å². The van der Waals surface area contributed by atoms with E-state index in [4.69, 9.17) is 10.5 Å². The summed E-state index contributed by atoms with van der Waals surface area (Å²) in [6, 6.07) is 3.29. The van der Waals surface area contributed by atoms with Gasteiger partial charge < -0.3 is 10.5 Å². The molecule has 7 nitrogen and oxygen atoms in total. The Morgan fingerprint density at radius 1 is 1.30 bits per heavy atom. The number of nitrogens with two attached hydrogens (primary N) is 1. The zero-order valence-corrected chi connectivity index (χ0v) is 13.1. The molecule has 0 aliphatic carbocycles. The maximum Gasteiger partial charge on any atom is 0.240 e. The third-order valence-corrected chi connectivity index (χ3v) is 5.11. The molecule has 0 amide bonds. The van der Waals surface area contributed by atoms with E-state index in [2.05, 4.69) is 4.72 Å². The molecule has 0 aliphatic rings. The maximum atomic E-state index is 12.1. The highest BCUT2D eigenvalue weighted by molar-refractivity contribution is 7.91. The van der Waals surface area contributed by atoms with Crippen LogP contribution in [0.3, 0.4) is 0 Å². The summed E-state index contributed by atoms with van der Waals surface area (Å²) in [5, 5.41) is 0. The minimum Gasteiger partial charge on any atom is -0.495 e. The van der Waals surface area contributed by atoms with Gasteiger partial charge >= 0.3 is 0 Å². The number of methoxy groups -OCH3 is 1. The van der Waals surface area contributed by atoms with Crippen molar-refractivity contribution in [2.75, 3.05) is 24.9 Å². The second kappa shape index (κ2) is 5.98. The van der Waals surface area contributed by atoms with Crippen LogP contribution in [-0.2, 0) is 19.9 Å². The molecular weight excluding hydrogens is 304 g/mol. The third kappa shape index (κ3) is 4.66. The monoisotopic (exact) mass is 322 g/mol. The van der Waals surface area contributed by atoms with Crippen LogP contribution < -0.4 is 15.2 Å². The van der Waals surface area contributed by atoms with E-state index in [0.29, 0.717) is 5.75 Å². The lowest BCUT2D eigenvalue weighted by Crippen LogP contribution is -2.37. The molecule has 0 heterocycles. The van der Waals surface area contributed by atoms with Crippen molar-refractivity contribution in [3.63, 3.8) is 0 Å². The van der Waals surface area contributed by atoms with E-state index in [1.807, 2.05) is 0 Å². The van der Waals surface area contributed by atoms with Crippen LogP contribution in [0, 0.1) is 0 Å². The Hall–Kier alpha value is -1.32. The van der Waals surface area contributed by atoms with Crippen LogP contribution in [0.4, 0.5) is 5.69 Å². The minimum absolute atomic E-state index is 0.0452. The summed E-state index contributed by atoms with van der Waals surface area (Å²) in [5.41, 5.74) is 5.83. The number of nitrogens with one attached hydrogen (secondary N) is 1. The van der Waals surface area contributed by atoms with Crippen LogP contribution in [0.1, 0.15) is 6.92 Å². The largest absolute Gasteiger partial charge is 0.495 e. The van der Waals surface area contributed by atoms with Crippen molar-refractivity contribution in [1.82, 2.24) is 4.72 Å². The highest BCUT2D eigenvalue weighted by atomic mass is 32.2. The van der Waals surface area contributed by atoms with Gasteiger partial charge in [-0.25, -0.2) is 21.6 Å². The number of ether oxygens (including phenoxy) is 1. The lowest BCUT2D eigenvalue weighted by molar-refractivity contribution is 0.416. The van der Waals surface area contributed by atoms with E-state index in [0.717, 1.165) is 6.26 Å². The fourth-order valence-electron chi connectivity index (χ4n) is 1.70. The van der Waals surface area contributed by atoms with E-state index >= 15 is 0 Å². The quantitative estimate of drug-likeness (QED) is 0.712. The van der Waals surface area contributed by atoms with Gasteiger partial charge in [-0.15, -0.1) is 0 Å². The van der Waals surface area contributed by atoms with Crippen molar-refractivity contribution in [1.29, 1.82) is 0 Å². The van der Waals surface area contributed by atoms with Crippen molar-refractivity contribution in [3.8, 4) is 5.75 Å². The van der Waals surface area contributed by atoms with Gasteiger partial charge in [0.25, 0.3) is 0 Å². The van der Waals surface area contributed by atoms with E-state index in [9.17, 15) is 16.8 Å². The standard InChI is InChI=1S/C11H18N2O5S2/c1-8(7-19(3,14)15)13-20(16,17)9-4-5-11(18-2)10(12)6-9/h4-6,8,13H,7,12H2,1-3H3. The van der Waals surface area contributed by atoms with Crippen molar-refractivity contribution in [2.24, 2.45) is 0 Å². The molecule has 1 rings (SSSR count). The Kier molecular flexibility index (Phi) is 5.00. The Bertz CT molecular complexity index is 683. The van der Waals surface area contributed by atoms with Gasteiger partial charge in [-0.1, -0.05) is 0 Å². The third-order valence-electron chi connectivity index (χ3n) is 2.42. The molecule has 1 aromatic rings. The normalized spacial score (nSPS) is 13.9. The molecule has 9 heteroatoms. The van der Waals surface area contributed by atoms with Crippen LogP contribution in [0.2, 0.25) is 0 Å². The molecule has 20 heavy (non-hydrogen) atoms. The fourth-order valence-corrected chi connectivity index (χ4v) is 4.08. The smallest absolute Gasteiger partial charge is 0.240 e. The number of hydrogen-bond donors (Lipinski definition) is 2. The molecule has 0 aromatic heterocycles. The highest BCUT2D eigenvalue weighted by Gasteiger charge is 2.20. The van der Waals surface area contributed by atoms with E-state index < -0.39 is 25.9 Å². The van der Waals surface area contributed by atoms with Crippen molar-refractivity contribution in [2.45, 2.75) is 17.9 Å². The van der Waals surface area contributed by atoms with Crippen LogP contribution in [0.25, 0.3) is 0 Å². The molecule has 0 aliphatic heterocycles. The summed E-state index contributed by atoms with van der Waals surface area (Å²) in [6.07, 6.45) is 1.04. The van der Waals surface area contributed by atoms with Crippen molar-refractivity contribution >= 4 is 25.5 Å². The summed E-state index contributed by atoms with van der Waals surface area (Å²) in [7, 11) is -5.67. The zero-order chi connectivity index (χ0) is 15.6. The van der Waals surface area contributed by atoms with Gasteiger partial charge in [0.15, 0.2) is 0 Å². The first-order valence-electron chi connectivity index (χ1n) is 5.69. The summed E-state index contributed by atoms with van der Waals surface area (Å²) >= 11 is 0. The van der Waals surface area contributed by atoms with Crippen LogP contribution in [0.5, 0.6) is 5.75 Å². The molecular formula is C11H18N2O5S2. The van der Waals surface area contributed by atoms with Crippen LogP contribution in [-0.4, -0.2) is 42.0 Å². The lowest BCUT2D eigenvalue weighted by Gasteiger charge is -2.14. The summed E-state index contributed by atoms with van der Waals surface area (Å²) in [6.45, 7) is 1.48. The van der Waals surface area contributed by atoms with Gasteiger partial charge in [0.05, 0.1) is 23.4 Å². The van der Waals surface area contributed by atoms with Gasteiger partial charge in [0.2, 0.25) is 10.0 Å². The average molecular weight is 322 g/mol. The first kappa shape index (κ1) is 16.7. The number of hydrogen-bond acceptors (Lipinski definition) is 6. The molecule has 3 N–H and O–H groups in total. The van der Waals surface area contributed by atoms with Crippen LogP contribution >= 0.6 is 0 Å². The summed E-state index contributed by atoms with van der Waals surface area (Å²) < 4.78 is 53.6.